The molecule has 1 aromatic heterocycles. The van der Waals surface area contributed by atoms with Crippen molar-refractivity contribution in [2.45, 2.75) is 18.9 Å². The van der Waals surface area contributed by atoms with Crippen LogP contribution in [0.25, 0.3) is 6.08 Å². The highest BCUT2D eigenvalue weighted by Crippen LogP contribution is 2.23. The van der Waals surface area contributed by atoms with Crippen LogP contribution < -0.4 is 15.0 Å². The van der Waals surface area contributed by atoms with Crippen molar-refractivity contribution in [1.29, 1.82) is 0 Å². The van der Waals surface area contributed by atoms with Crippen LogP contribution in [0.1, 0.15) is 32.8 Å². The number of thiophene rings is 1. The first kappa shape index (κ1) is 32.9. The molecular formula is C39H36N2O5S. The minimum Gasteiger partial charge on any atom is -0.494 e. The molecule has 1 N–H and O–H groups in total. The minimum absolute atomic E-state index is 0.0882. The molecule has 0 radical (unpaired) electrons. The molecule has 4 aromatic carbocycles. The number of para-hydroxylation sites is 2. The van der Waals surface area contributed by atoms with Crippen LogP contribution in [0.4, 0.5) is 11.4 Å². The molecule has 8 heteroatoms. The summed E-state index contributed by atoms with van der Waals surface area (Å²) in [6.45, 7) is 0.916. The van der Waals surface area contributed by atoms with Crippen LogP contribution in [0.15, 0.2) is 133 Å². The van der Waals surface area contributed by atoms with Crippen LogP contribution in [0.5, 0.6) is 5.75 Å². The highest BCUT2D eigenvalue weighted by atomic mass is 32.1. The van der Waals surface area contributed by atoms with Crippen LogP contribution in [0, 0.1) is 0 Å². The maximum absolute atomic E-state index is 13.2. The largest absolute Gasteiger partial charge is 0.494 e. The Bertz CT molecular complexity index is 1770. The molecule has 0 saturated heterocycles. The number of ether oxygens (including phenoxy) is 2. The zero-order chi connectivity index (χ0) is 32.8. The predicted molar refractivity (Wildman–Crippen MR) is 188 cm³/mol. The molecule has 5 aromatic rings. The molecule has 47 heavy (non-hydrogen) atoms. The van der Waals surface area contributed by atoms with Gasteiger partial charge in [0.15, 0.2) is 5.78 Å². The Labute approximate surface area is 279 Å². The van der Waals surface area contributed by atoms with Gasteiger partial charge in [-0.3, -0.25) is 9.59 Å². The fourth-order valence-electron chi connectivity index (χ4n) is 5.05. The number of ketones is 1. The van der Waals surface area contributed by atoms with Crippen LogP contribution in [-0.4, -0.2) is 44.0 Å². The second-order valence-corrected chi connectivity index (χ2v) is 11.7. The van der Waals surface area contributed by atoms with Gasteiger partial charge in [0, 0.05) is 46.4 Å². The van der Waals surface area contributed by atoms with Gasteiger partial charge in [0.25, 0.3) is 5.91 Å². The lowest BCUT2D eigenvalue weighted by molar-refractivity contribution is -0.141. The van der Waals surface area contributed by atoms with E-state index in [-0.39, 0.29) is 11.7 Å². The zero-order valence-corrected chi connectivity index (χ0v) is 26.9. The SMILES string of the molecule is COC(=O)[C@H](Cc1ccc(OCCCN(C(=O)C=Cc2cccs2)c2ccccc2)cc1)Nc1ccccc1C(=O)c1ccccc1. The van der Waals surface area contributed by atoms with Crippen LogP contribution in [0.2, 0.25) is 0 Å². The van der Waals surface area contributed by atoms with Crippen LogP contribution in [0.3, 0.4) is 0 Å². The summed E-state index contributed by atoms with van der Waals surface area (Å²) in [5.74, 6) is 0.0278. The minimum atomic E-state index is -0.716. The van der Waals surface area contributed by atoms with Crippen LogP contribution in [-0.2, 0) is 20.7 Å². The molecule has 0 aliphatic carbocycles. The van der Waals surface area contributed by atoms with E-state index in [9.17, 15) is 14.4 Å². The van der Waals surface area contributed by atoms with Gasteiger partial charge < -0.3 is 19.7 Å². The third-order valence-corrected chi connectivity index (χ3v) is 8.29. The van der Waals surface area contributed by atoms with Gasteiger partial charge in [-0.05, 0) is 65.9 Å². The number of nitrogens with zero attached hydrogens (tertiary/aromatic N) is 1. The molecule has 238 valence electrons. The number of benzene rings is 4. The Morgan fingerprint density at radius 3 is 2.23 bits per heavy atom. The van der Waals surface area contributed by atoms with Crippen molar-refractivity contribution in [2.75, 3.05) is 30.5 Å². The molecule has 1 amide bonds. The zero-order valence-electron chi connectivity index (χ0n) is 26.1. The Balaban J connectivity index is 1.18. The summed E-state index contributed by atoms with van der Waals surface area (Å²) in [6.07, 6.45) is 4.41. The quantitative estimate of drug-likeness (QED) is 0.0545. The lowest BCUT2D eigenvalue weighted by atomic mass is 10.00. The third-order valence-electron chi connectivity index (χ3n) is 7.45. The van der Waals surface area contributed by atoms with Gasteiger partial charge in [-0.1, -0.05) is 78.9 Å². The fourth-order valence-corrected chi connectivity index (χ4v) is 5.67. The second-order valence-electron chi connectivity index (χ2n) is 10.7. The molecule has 1 atom stereocenters. The standard InChI is InChI=1S/C39H36N2O5S/c1-45-39(44)36(40-35-18-9-8-17-34(35)38(43)30-12-4-2-5-13-30)28-29-19-21-32(22-20-29)46-26-11-25-41(31-14-6-3-7-15-31)37(42)24-23-33-16-10-27-47-33/h2-10,12-24,27,36,40H,11,25-26,28H2,1H3/t36-/m0/s1. The highest BCUT2D eigenvalue weighted by Gasteiger charge is 2.23. The molecule has 0 unspecified atom stereocenters. The van der Waals surface area contributed by atoms with Gasteiger partial charge in [0.2, 0.25) is 0 Å². The lowest BCUT2D eigenvalue weighted by Gasteiger charge is -2.21. The molecular weight excluding hydrogens is 609 g/mol. The molecule has 5 rings (SSSR count). The molecule has 0 aliphatic heterocycles. The summed E-state index contributed by atoms with van der Waals surface area (Å²) in [6, 6.07) is 36.5. The number of methoxy groups -OCH3 is 1. The Morgan fingerprint density at radius 2 is 1.53 bits per heavy atom. The number of anilines is 2. The highest BCUT2D eigenvalue weighted by molar-refractivity contribution is 7.10. The normalized spacial score (nSPS) is 11.5. The van der Waals surface area contributed by atoms with Gasteiger partial charge in [-0.25, -0.2) is 4.79 Å². The van der Waals surface area contributed by atoms with E-state index >= 15 is 0 Å². The topological polar surface area (TPSA) is 84.9 Å². The predicted octanol–water partition coefficient (Wildman–Crippen LogP) is 7.69. The van der Waals surface area contributed by atoms with E-state index in [4.69, 9.17) is 9.47 Å². The molecule has 1 heterocycles. The number of carbonyl (C=O) groups is 3. The Morgan fingerprint density at radius 1 is 0.830 bits per heavy atom. The van der Waals surface area contributed by atoms with Crippen molar-refractivity contribution in [3.05, 3.63) is 154 Å². The van der Waals surface area contributed by atoms with Gasteiger partial charge in [-0.15, -0.1) is 11.3 Å². The molecule has 0 spiro atoms. The monoisotopic (exact) mass is 644 g/mol. The smallest absolute Gasteiger partial charge is 0.328 e. The number of nitrogens with one attached hydrogen (secondary N) is 1. The van der Waals surface area contributed by atoms with Crippen molar-refractivity contribution in [3.8, 4) is 5.75 Å². The molecule has 0 aliphatic rings. The van der Waals surface area contributed by atoms with E-state index < -0.39 is 12.0 Å². The molecule has 0 saturated carbocycles. The number of rotatable bonds is 15. The second kappa shape index (κ2) is 16.7. The number of hydrogen-bond donors (Lipinski definition) is 1. The first-order valence-electron chi connectivity index (χ1n) is 15.3. The number of amides is 1. The molecule has 0 bridgehead atoms. The first-order chi connectivity index (χ1) is 23.0. The summed E-state index contributed by atoms with van der Waals surface area (Å²) < 4.78 is 11.1. The third kappa shape index (κ3) is 9.28. The van der Waals surface area contributed by atoms with Crippen molar-refractivity contribution < 1.29 is 23.9 Å². The van der Waals surface area contributed by atoms with E-state index in [2.05, 4.69) is 5.32 Å². The van der Waals surface area contributed by atoms with Crippen molar-refractivity contribution in [1.82, 2.24) is 0 Å². The summed E-state index contributed by atoms with van der Waals surface area (Å²) in [5, 5.41) is 5.22. The number of esters is 1. The van der Waals surface area contributed by atoms with Crippen molar-refractivity contribution in [2.24, 2.45) is 0 Å². The fraction of sp³-hybridized carbons (Fsp3) is 0.154. The first-order valence-corrected chi connectivity index (χ1v) is 16.2. The van der Waals surface area contributed by atoms with E-state index in [1.54, 1.807) is 52.6 Å². The van der Waals surface area contributed by atoms with E-state index in [0.717, 1.165) is 16.1 Å². The maximum Gasteiger partial charge on any atom is 0.328 e. The lowest BCUT2D eigenvalue weighted by Crippen LogP contribution is -2.33. The summed E-state index contributed by atoms with van der Waals surface area (Å²) in [5.41, 5.74) is 3.32. The summed E-state index contributed by atoms with van der Waals surface area (Å²) >= 11 is 1.58. The summed E-state index contributed by atoms with van der Waals surface area (Å²) in [4.78, 5) is 41.9. The number of hydrogen-bond acceptors (Lipinski definition) is 7. The van der Waals surface area contributed by atoms with Crippen molar-refractivity contribution >= 4 is 46.4 Å². The van der Waals surface area contributed by atoms with Crippen LogP contribution >= 0.6 is 11.3 Å². The van der Waals surface area contributed by atoms with Gasteiger partial charge in [0.05, 0.1) is 13.7 Å². The van der Waals surface area contributed by atoms with E-state index in [0.29, 0.717) is 48.6 Å². The Hall–Kier alpha value is -5.47. The molecule has 7 nitrogen and oxygen atoms in total. The molecule has 0 fully saturated rings. The summed E-state index contributed by atoms with van der Waals surface area (Å²) in [7, 11) is 1.35. The van der Waals surface area contributed by atoms with Gasteiger partial charge in [0.1, 0.15) is 11.8 Å². The average molecular weight is 645 g/mol. The van der Waals surface area contributed by atoms with Crippen molar-refractivity contribution in [3.63, 3.8) is 0 Å². The van der Waals surface area contributed by atoms with Gasteiger partial charge >= 0.3 is 5.97 Å². The maximum atomic E-state index is 13.2. The van der Waals surface area contributed by atoms with E-state index in [1.807, 2.05) is 102 Å². The average Bonchev–Trinajstić information content (AvgIpc) is 3.65. The van der Waals surface area contributed by atoms with E-state index in [1.165, 1.54) is 7.11 Å². The van der Waals surface area contributed by atoms with Gasteiger partial charge in [-0.2, -0.15) is 0 Å². The number of carbonyl (C=O) groups excluding carboxylic acids is 3. The Kier molecular flexibility index (Phi) is 11.7.